The highest BCUT2D eigenvalue weighted by Gasteiger charge is 2.05. The fourth-order valence-corrected chi connectivity index (χ4v) is 2.19. The molecule has 2 aromatic carbocycles. The van der Waals surface area contributed by atoms with Crippen LogP contribution < -0.4 is 4.74 Å². The molecule has 0 aliphatic carbocycles. The van der Waals surface area contributed by atoms with Gasteiger partial charge < -0.3 is 4.74 Å². The summed E-state index contributed by atoms with van der Waals surface area (Å²) in [6, 6.07) is 16.3. The molecule has 0 amide bonds. The molecule has 0 atom stereocenters. The number of unbranched alkanes of at least 4 members (excludes halogenated alkanes) is 1. The van der Waals surface area contributed by atoms with Crippen LogP contribution in [0.25, 0.3) is 0 Å². The van der Waals surface area contributed by atoms with Gasteiger partial charge in [0.05, 0.1) is 7.11 Å². The normalized spacial score (nSPS) is 10.7. The predicted molar refractivity (Wildman–Crippen MR) is 91.1 cm³/mol. The van der Waals surface area contributed by atoms with Gasteiger partial charge in [0, 0.05) is 17.5 Å². The van der Waals surface area contributed by atoms with Crippen molar-refractivity contribution in [3.8, 4) is 5.75 Å². The summed E-state index contributed by atoms with van der Waals surface area (Å²) in [5.74, 6) is 0.839. The van der Waals surface area contributed by atoms with Crippen LogP contribution in [0.2, 0.25) is 0 Å². The van der Waals surface area contributed by atoms with Crippen molar-refractivity contribution < 1.29 is 14.3 Å². The van der Waals surface area contributed by atoms with Crippen LogP contribution in [0.5, 0.6) is 5.75 Å². The van der Waals surface area contributed by atoms with Gasteiger partial charge >= 0.3 is 0 Å². The molecule has 0 saturated heterocycles. The zero-order valence-corrected chi connectivity index (χ0v) is 13.2. The molecule has 0 aliphatic heterocycles. The lowest BCUT2D eigenvalue weighted by atomic mass is 10.0. The summed E-state index contributed by atoms with van der Waals surface area (Å²) in [5.41, 5.74) is 1.37. The minimum absolute atomic E-state index is 0.00733. The summed E-state index contributed by atoms with van der Waals surface area (Å²) in [6.07, 6.45) is 5.31. The topological polar surface area (TPSA) is 43.4 Å². The Morgan fingerprint density at radius 2 is 1.65 bits per heavy atom. The van der Waals surface area contributed by atoms with Crippen molar-refractivity contribution in [2.45, 2.75) is 19.3 Å². The van der Waals surface area contributed by atoms with E-state index in [9.17, 15) is 9.59 Å². The molecule has 2 rings (SSSR count). The van der Waals surface area contributed by atoms with Crippen molar-refractivity contribution in [2.75, 3.05) is 7.11 Å². The third-order valence-electron chi connectivity index (χ3n) is 3.51. The van der Waals surface area contributed by atoms with Crippen LogP contribution in [0.15, 0.2) is 66.7 Å². The van der Waals surface area contributed by atoms with Gasteiger partial charge in [0.15, 0.2) is 11.6 Å². The highest BCUT2D eigenvalue weighted by molar-refractivity contribution is 6.04. The molecule has 0 aliphatic rings. The summed E-state index contributed by atoms with van der Waals surface area (Å²) in [7, 11) is 1.60. The van der Waals surface area contributed by atoms with Crippen LogP contribution in [-0.4, -0.2) is 18.7 Å². The van der Waals surface area contributed by atoms with E-state index >= 15 is 0 Å². The maximum absolute atomic E-state index is 12.0. The smallest absolute Gasteiger partial charge is 0.185 e. The number of Topliss-reactive ketones (excluding diaryl/α,β-unsaturated/α-hetero) is 1. The minimum Gasteiger partial charge on any atom is -0.497 e. The van der Waals surface area contributed by atoms with Gasteiger partial charge in [-0.15, -0.1) is 0 Å². The summed E-state index contributed by atoms with van der Waals surface area (Å²) < 4.78 is 5.07. The number of carbonyl (C=O) groups excluding carboxylic acids is 2. The van der Waals surface area contributed by atoms with E-state index in [-0.39, 0.29) is 11.6 Å². The van der Waals surface area contributed by atoms with E-state index in [1.54, 1.807) is 49.6 Å². The highest BCUT2D eigenvalue weighted by atomic mass is 16.5. The van der Waals surface area contributed by atoms with Gasteiger partial charge in [-0.2, -0.15) is 0 Å². The van der Waals surface area contributed by atoms with E-state index in [1.807, 2.05) is 24.3 Å². The lowest BCUT2D eigenvalue weighted by Gasteiger charge is -2.02. The fourth-order valence-electron chi connectivity index (χ4n) is 2.19. The Morgan fingerprint density at radius 1 is 0.957 bits per heavy atom. The van der Waals surface area contributed by atoms with Crippen LogP contribution in [-0.2, 0) is 0 Å². The van der Waals surface area contributed by atoms with Crippen molar-refractivity contribution in [3.63, 3.8) is 0 Å². The van der Waals surface area contributed by atoms with E-state index in [4.69, 9.17) is 4.74 Å². The lowest BCUT2D eigenvalue weighted by Crippen LogP contribution is -1.98. The van der Waals surface area contributed by atoms with E-state index in [2.05, 4.69) is 0 Å². The third kappa shape index (κ3) is 5.22. The van der Waals surface area contributed by atoms with Crippen molar-refractivity contribution in [1.29, 1.82) is 0 Å². The van der Waals surface area contributed by atoms with E-state index < -0.39 is 0 Å². The molecule has 0 saturated carbocycles. The first-order valence-electron chi connectivity index (χ1n) is 7.64. The highest BCUT2D eigenvalue weighted by Crippen LogP contribution is 2.14. The maximum atomic E-state index is 12.0. The molecule has 0 spiro atoms. The van der Waals surface area contributed by atoms with Crippen LogP contribution in [0, 0.1) is 0 Å². The first-order chi connectivity index (χ1) is 11.2. The number of methoxy groups -OCH3 is 1. The Labute approximate surface area is 136 Å². The molecular formula is C20H20O3. The second kappa shape index (κ2) is 8.69. The number of hydrogen-bond acceptors (Lipinski definition) is 3. The summed E-state index contributed by atoms with van der Waals surface area (Å²) >= 11 is 0. The zero-order valence-electron chi connectivity index (χ0n) is 13.2. The van der Waals surface area contributed by atoms with Gasteiger partial charge in [-0.25, -0.2) is 0 Å². The molecule has 0 bridgehead atoms. The molecule has 0 fully saturated rings. The summed E-state index contributed by atoms with van der Waals surface area (Å²) in [4.78, 5) is 23.9. The summed E-state index contributed by atoms with van der Waals surface area (Å²) in [5, 5.41) is 0. The third-order valence-corrected chi connectivity index (χ3v) is 3.51. The van der Waals surface area contributed by atoms with E-state index in [0.29, 0.717) is 24.0 Å². The second-order valence-corrected chi connectivity index (χ2v) is 5.18. The lowest BCUT2D eigenvalue weighted by molar-refractivity contribution is 0.0980. The predicted octanol–water partition coefficient (Wildman–Crippen LogP) is 4.49. The van der Waals surface area contributed by atoms with Gasteiger partial charge in [-0.05, 0) is 43.2 Å². The Balaban J connectivity index is 1.75. The first-order valence-corrected chi connectivity index (χ1v) is 7.64. The molecule has 2 aromatic rings. The molecule has 23 heavy (non-hydrogen) atoms. The first kappa shape index (κ1) is 16.7. The number of benzene rings is 2. The summed E-state index contributed by atoms with van der Waals surface area (Å²) in [6.45, 7) is 0. The molecule has 118 valence electrons. The van der Waals surface area contributed by atoms with Gasteiger partial charge in [0.2, 0.25) is 0 Å². The van der Waals surface area contributed by atoms with Crippen molar-refractivity contribution in [1.82, 2.24) is 0 Å². The Kier molecular flexibility index (Phi) is 6.30. The average molecular weight is 308 g/mol. The second-order valence-electron chi connectivity index (χ2n) is 5.18. The monoisotopic (exact) mass is 308 g/mol. The Hall–Kier alpha value is -2.68. The van der Waals surface area contributed by atoms with Crippen molar-refractivity contribution >= 4 is 11.6 Å². The van der Waals surface area contributed by atoms with Crippen LogP contribution in [0.3, 0.4) is 0 Å². The number of hydrogen-bond donors (Lipinski definition) is 0. The Bertz CT molecular complexity index is 670. The molecule has 0 aromatic heterocycles. The van der Waals surface area contributed by atoms with E-state index in [1.165, 1.54) is 0 Å². The number of ether oxygens (including phenoxy) is 1. The van der Waals surface area contributed by atoms with Crippen molar-refractivity contribution in [3.05, 3.63) is 77.9 Å². The number of carbonyl (C=O) groups is 2. The quantitative estimate of drug-likeness (QED) is 0.410. The van der Waals surface area contributed by atoms with Gasteiger partial charge in [-0.1, -0.05) is 36.4 Å². The number of allylic oxidation sites excluding steroid dienone is 2. The molecule has 0 unspecified atom stereocenters. The van der Waals surface area contributed by atoms with Gasteiger partial charge in [0.1, 0.15) is 5.75 Å². The van der Waals surface area contributed by atoms with E-state index in [0.717, 1.165) is 12.2 Å². The molecule has 3 heteroatoms. The van der Waals surface area contributed by atoms with Crippen LogP contribution in [0.1, 0.15) is 40.0 Å². The largest absolute Gasteiger partial charge is 0.497 e. The average Bonchev–Trinajstić information content (AvgIpc) is 2.62. The number of ketones is 2. The number of rotatable bonds is 8. The van der Waals surface area contributed by atoms with Gasteiger partial charge in [0.25, 0.3) is 0 Å². The molecule has 0 radical (unpaired) electrons. The zero-order chi connectivity index (χ0) is 16.5. The standard InChI is InChI=1S/C20H20O3/c1-23-18-14-12-17(13-15-18)20(22)11-7-3-6-10-19(21)16-8-4-2-5-9-16/h2,4-6,8-10,12-15H,3,7,11H2,1H3/b10-6+. The molecule has 0 N–H and O–H groups in total. The van der Waals surface area contributed by atoms with Gasteiger partial charge in [-0.3, -0.25) is 9.59 Å². The SMILES string of the molecule is COc1ccc(C(=O)CCC/C=C/C(=O)c2ccccc2)cc1. The van der Waals surface area contributed by atoms with Crippen molar-refractivity contribution in [2.24, 2.45) is 0 Å². The molecular weight excluding hydrogens is 288 g/mol. The van der Waals surface area contributed by atoms with Crippen LogP contribution in [0.4, 0.5) is 0 Å². The minimum atomic E-state index is -0.00733. The molecule has 0 heterocycles. The van der Waals surface area contributed by atoms with Crippen LogP contribution >= 0.6 is 0 Å². The Morgan fingerprint density at radius 3 is 2.30 bits per heavy atom. The maximum Gasteiger partial charge on any atom is 0.185 e. The fraction of sp³-hybridized carbons (Fsp3) is 0.200. The molecule has 3 nitrogen and oxygen atoms in total.